The second-order valence-electron chi connectivity index (χ2n) is 9.87. The summed E-state index contributed by atoms with van der Waals surface area (Å²) in [5.41, 5.74) is -2.04. The molecule has 2 aliphatic rings. The number of amides is 1. The van der Waals surface area contributed by atoms with Crippen LogP contribution in [0.4, 0.5) is 18.9 Å². The Balaban J connectivity index is 1.59. The normalized spacial score (nSPS) is 27.3. The first-order valence-corrected chi connectivity index (χ1v) is 15.0. The zero-order valence-electron chi connectivity index (χ0n) is 19.9. The number of benzene rings is 2. The first kappa shape index (κ1) is 28.8. The van der Waals surface area contributed by atoms with Crippen LogP contribution in [0.1, 0.15) is 36.5 Å². The summed E-state index contributed by atoms with van der Waals surface area (Å²) in [6.07, 6.45) is 0.511. The molecule has 0 spiro atoms. The topological polar surface area (TPSA) is 156 Å². The molecule has 5 N–H and O–H groups in total. The number of nitrogens with one attached hydrogen (secondary N) is 2. The lowest BCUT2D eigenvalue weighted by Crippen LogP contribution is -2.55. The van der Waals surface area contributed by atoms with Crippen LogP contribution < -0.4 is 15.2 Å². The van der Waals surface area contributed by atoms with E-state index < -0.39 is 66.1 Å². The SMILES string of the molecule is C[C@H]1CC2C[C@@H](S(=O)(=O)c3cc(C(=O)Nc4cc(F)c(F)c(F)c4)ccc3Cl)CC1[C@@]2(O)CNS(N)(=O)=O. The van der Waals surface area contributed by atoms with Gasteiger partial charge in [0.25, 0.3) is 16.1 Å². The largest absolute Gasteiger partial charge is 0.388 e. The van der Waals surface area contributed by atoms with E-state index >= 15 is 0 Å². The smallest absolute Gasteiger partial charge is 0.274 e. The van der Waals surface area contributed by atoms with Crippen LogP contribution in [0.15, 0.2) is 35.2 Å². The van der Waals surface area contributed by atoms with Gasteiger partial charge >= 0.3 is 0 Å². The maximum atomic E-state index is 13.7. The number of anilines is 1. The average Bonchev–Trinajstić information content (AvgIpc) is 2.94. The molecule has 2 saturated carbocycles. The second-order valence-corrected chi connectivity index (χ2v) is 13.8. The van der Waals surface area contributed by atoms with Crippen LogP contribution in [-0.4, -0.2) is 45.2 Å². The zero-order chi connectivity index (χ0) is 28.2. The van der Waals surface area contributed by atoms with Gasteiger partial charge in [-0.15, -0.1) is 0 Å². The summed E-state index contributed by atoms with van der Waals surface area (Å²) in [5.74, 6) is -6.84. The molecule has 208 valence electrons. The fraction of sp³-hybridized carbons (Fsp3) is 0.435. The van der Waals surface area contributed by atoms with Crippen molar-refractivity contribution in [2.24, 2.45) is 22.9 Å². The molecule has 2 aliphatic carbocycles. The van der Waals surface area contributed by atoms with Crippen molar-refractivity contribution in [3.05, 3.63) is 58.4 Å². The molecule has 5 atom stereocenters. The van der Waals surface area contributed by atoms with Gasteiger partial charge in [0, 0.05) is 29.9 Å². The fourth-order valence-electron chi connectivity index (χ4n) is 5.66. The summed E-state index contributed by atoms with van der Waals surface area (Å²) in [6, 6.07) is 4.61. The Hall–Kier alpha value is -2.23. The van der Waals surface area contributed by atoms with Gasteiger partial charge in [0.2, 0.25) is 0 Å². The number of fused-ring (bicyclic) bond motifs is 2. The van der Waals surface area contributed by atoms with E-state index in [9.17, 15) is 39.9 Å². The molecule has 0 aliphatic heterocycles. The molecule has 0 heterocycles. The van der Waals surface area contributed by atoms with E-state index in [1.54, 1.807) is 0 Å². The fourth-order valence-corrected chi connectivity index (χ4v) is 8.47. The van der Waals surface area contributed by atoms with Crippen molar-refractivity contribution < 1.29 is 39.9 Å². The molecule has 0 radical (unpaired) electrons. The first-order chi connectivity index (χ1) is 17.5. The summed E-state index contributed by atoms with van der Waals surface area (Å²) >= 11 is 6.21. The van der Waals surface area contributed by atoms with Crippen molar-refractivity contribution in [1.82, 2.24) is 4.72 Å². The van der Waals surface area contributed by atoms with Gasteiger partial charge in [-0.2, -0.15) is 13.1 Å². The molecule has 2 aromatic carbocycles. The highest BCUT2D eigenvalue weighted by atomic mass is 35.5. The maximum absolute atomic E-state index is 13.7. The van der Waals surface area contributed by atoms with Gasteiger partial charge in [-0.25, -0.2) is 26.7 Å². The Morgan fingerprint density at radius 2 is 1.74 bits per heavy atom. The van der Waals surface area contributed by atoms with E-state index in [1.807, 2.05) is 6.92 Å². The van der Waals surface area contributed by atoms with Crippen molar-refractivity contribution in [2.75, 3.05) is 11.9 Å². The molecule has 4 rings (SSSR count). The van der Waals surface area contributed by atoms with Gasteiger partial charge in [0.05, 0.1) is 20.8 Å². The standard InChI is InChI=1S/C23H25ClF3N3O6S2/c1-11-4-13-6-15(9-16(11)23(13,32)10-29-38(28,35)36)37(33,34)20-5-12(2-3-17(20)24)22(31)30-14-7-18(25)21(27)19(26)8-14/h2-3,5,7-8,11,13,15-16,29,32H,4,6,9-10H2,1H3,(H,30,31)(H2,28,35,36)/t11-,13?,15+,16?,23+/m0/s1. The molecule has 2 aromatic rings. The highest BCUT2D eigenvalue weighted by Crippen LogP contribution is 2.54. The average molecular weight is 596 g/mol. The van der Waals surface area contributed by atoms with Crippen LogP contribution >= 0.6 is 11.6 Å². The van der Waals surface area contributed by atoms with Gasteiger partial charge in [-0.1, -0.05) is 18.5 Å². The van der Waals surface area contributed by atoms with Gasteiger partial charge < -0.3 is 10.4 Å². The number of hydrogen-bond acceptors (Lipinski definition) is 6. The Morgan fingerprint density at radius 1 is 1.11 bits per heavy atom. The van der Waals surface area contributed by atoms with Crippen LogP contribution in [0, 0.1) is 35.2 Å². The van der Waals surface area contributed by atoms with Gasteiger partial charge in [0.1, 0.15) is 0 Å². The first-order valence-electron chi connectivity index (χ1n) is 11.5. The molecule has 2 unspecified atom stereocenters. The third kappa shape index (κ3) is 5.42. The molecule has 1 amide bonds. The monoisotopic (exact) mass is 595 g/mol. The predicted octanol–water partition coefficient (Wildman–Crippen LogP) is 2.74. The van der Waals surface area contributed by atoms with E-state index in [-0.39, 0.29) is 46.5 Å². The summed E-state index contributed by atoms with van der Waals surface area (Å²) < 4.78 is 92.4. The minimum atomic E-state index is -4.14. The van der Waals surface area contributed by atoms with Gasteiger partial charge in [-0.05, 0) is 55.2 Å². The van der Waals surface area contributed by atoms with Crippen molar-refractivity contribution in [3.8, 4) is 0 Å². The molecular weight excluding hydrogens is 571 g/mol. The highest BCUT2D eigenvalue weighted by Gasteiger charge is 2.58. The molecule has 15 heteroatoms. The third-order valence-corrected chi connectivity index (χ3v) is 10.7. The lowest BCUT2D eigenvalue weighted by Gasteiger charge is -2.43. The number of hydrogen-bond donors (Lipinski definition) is 4. The Kier molecular flexibility index (Phi) is 7.62. The lowest BCUT2D eigenvalue weighted by molar-refractivity contribution is -0.0576. The van der Waals surface area contributed by atoms with E-state index in [1.165, 1.54) is 12.1 Å². The van der Waals surface area contributed by atoms with E-state index in [0.29, 0.717) is 18.6 Å². The van der Waals surface area contributed by atoms with E-state index in [2.05, 4.69) is 10.0 Å². The molecule has 0 saturated heterocycles. The summed E-state index contributed by atoms with van der Waals surface area (Å²) in [5, 5.41) is 17.4. The second kappa shape index (κ2) is 10.1. The zero-order valence-corrected chi connectivity index (χ0v) is 22.3. The highest BCUT2D eigenvalue weighted by molar-refractivity contribution is 7.92. The van der Waals surface area contributed by atoms with Crippen molar-refractivity contribution >= 4 is 43.2 Å². The van der Waals surface area contributed by atoms with Gasteiger partial charge in [0.15, 0.2) is 27.3 Å². The lowest BCUT2D eigenvalue weighted by atomic mass is 9.73. The van der Waals surface area contributed by atoms with Crippen LogP contribution in [0.3, 0.4) is 0 Å². The number of rotatable bonds is 7. The van der Waals surface area contributed by atoms with Crippen molar-refractivity contribution in [2.45, 2.75) is 41.9 Å². The maximum Gasteiger partial charge on any atom is 0.274 e. The Labute approximate surface area is 222 Å². The molecular formula is C23H25ClF3N3O6S2. The van der Waals surface area contributed by atoms with Crippen LogP contribution in [0.2, 0.25) is 5.02 Å². The molecule has 9 nitrogen and oxygen atoms in total. The molecule has 2 fully saturated rings. The number of carbonyl (C=O) groups is 1. The van der Waals surface area contributed by atoms with E-state index in [4.69, 9.17) is 16.7 Å². The van der Waals surface area contributed by atoms with Crippen molar-refractivity contribution in [3.63, 3.8) is 0 Å². The quantitative estimate of drug-likeness (QED) is 0.361. The summed E-state index contributed by atoms with van der Waals surface area (Å²) in [4.78, 5) is 12.4. The molecule has 0 aromatic heterocycles. The van der Waals surface area contributed by atoms with Crippen molar-refractivity contribution in [1.29, 1.82) is 0 Å². The Morgan fingerprint density at radius 3 is 2.32 bits per heavy atom. The molecule has 38 heavy (non-hydrogen) atoms. The minimum Gasteiger partial charge on any atom is -0.388 e. The molecule has 2 bridgehead atoms. The van der Waals surface area contributed by atoms with Crippen LogP contribution in [0.5, 0.6) is 0 Å². The number of sulfone groups is 1. The minimum absolute atomic E-state index is 0.0175. The van der Waals surface area contributed by atoms with Crippen LogP contribution in [-0.2, 0) is 20.0 Å². The number of nitrogens with two attached hydrogens (primary N) is 1. The summed E-state index contributed by atoms with van der Waals surface area (Å²) in [6.45, 7) is 1.50. The Bertz CT molecular complexity index is 1480. The van der Waals surface area contributed by atoms with Gasteiger partial charge in [-0.3, -0.25) is 4.79 Å². The number of halogens is 4. The number of carbonyl (C=O) groups excluding carboxylic acids is 1. The van der Waals surface area contributed by atoms with Crippen LogP contribution in [0.25, 0.3) is 0 Å². The summed E-state index contributed by atoms with van der Waals surface area (Å²) in [7, 11) is -8.21. The predicted molar refractivity (Wildman–Crippen MR) is 133 cm³/mol. The third-order valence-electron chi connectivity index (χ3n) is 7.49. The number of aliphatic hydroxyl groups is 1. The van der Waals surface area contributed by atoms with E-state index in [0.717, 1.165) is 6.07 Å².